The highest BCUT2D eigenvalue weighted by atomic mass is 15.3. The van der Waals surface area contributed by atoms with E-state index < -0.39 is 0 Å². The molecule has 4 nitrogen and oxygen atoms in total. The fourth-order valence-electron chi connectivity index (χ4n) is 14.5. The molecule has 3 heterocycles. The maximum atomic E-state index is 10.2. The van der Waals surface area contributed by atoms with E-state index >= 15 is 0 Å². The zero-order valence-electron chi connectivity index (χ0n) is 45.9. The highest BCUT2D eigenvalue weighted by molar-refractivity contribution is 7.00. The van der Waals surface area contributed by atoms with E-state index in [9.17, 15) is 5.26 Å². The minimum Gasteiger partial charge on any atom is -0.334 e. The predicted octanol–water partition coefficient (Wildman–Crippen LogP) is 16.4. The van der Waals surface area contributed by atoms with Crippen molar-refractivity contribution in [1.29, 1.82) is 5.26 Å². The lowest BCUT2D eigenvalue weighted by Crippen LogP contribution is -2.61. The second-order valence-corrected chi connectivity index (χ2v) is 26.1. The molecule has 0 amide bonds. The highest BCUT2D eigenvalue weighted by Crippen LogP contribution is 2.63. The van der Waals surface area contributed by atoms with E-state index in [-0.39, 0.29) is 33.9 Å². The van der Waals surface area contributed by atoms with E-state index in [0.717, 1.165) is 37.7 Å². The first-order valence-corrected chi connectivity index (χ1v) is 27.6. The molecule has 372 valence electrons. The van der Waals surface area contributed by atoms with Gasteiger partial charge < -0.3 is 14.7 Å². The Morgan fingerprint density at radius 1 is 0.520 bits per heavy atom. The molecular formula is C70H69BN4. The number of anilines is 8. The van der Waals surface area contributed by atoms with Crippen LogP contribution in [0.5, 0.6) is 0 Å². The lowest BCUT2D eigenvalue weighted by Gasteiger charge is -2.46. The Bertz CT molecular complexity index is 3720. The summed E-state index contributed by atoms with van der Waals surface area (Å²) in [5, 5.41) is 10.2. The van der Waals surface area contributed by atoms with E-state index in [1.54, 1.807) is 0 Å². The molecular weight excluding hydrogens is 908 g/mol. The molecule has 75 heavy (non-hydrogen) atoms. The van der Waals surface area contributed by atoms with Crippen LogP contribution in [0.4, 0.5) is 45.5 Å². The minimum absolute atomic E-state index is 0.0319. The maximum absolute atomic E-state index is 10.2. The van der Waals surface area contributed by atoms with Gasteiger partial charge in [0.25, 0.3) is 6.71 Å². The minimum atomic E-state index is -0.174. The van der Waals surface area contributed by atoms with E-state index in [4.69, 9.17) is 0 Å². The van der Waals surface area contributed by atoms with Crippen molar-refractivity contribution in [2.75, 3.05) is 14.7 Å². The van der Waals surface area contributed by atoms with Crippen molar-refractivity contribution in [1.82, 2.24) is 0 Å². The predicted molar refractivity (Wildman–Crippen MR) is 318 cm³/mol. The average Bonchev–Trinajstić information content (AvgIpc) is 3.95. The normalized spacial score (nSPS) is 19.8. The van der Waals surface area contributed by atoms with Crippen molar-refractivity contribution in [3.63, 3.8) is 0 Å². The van der Waals surface area contributed by atoms with E-state index in [2.05, 4.69) is 249 Å². The molecule has 0 saturated heterocycles. The van der Waals surface area contributed by atoms with Crippen LogP contribution in [0.2, 0.25) is 0 Å². The molecule has 0 spiro atoms. The van der Waals surface area contributed by atoms with Crippen molar-refractivity contribution in [2.24, 2.45) is 5.41 Å². The Balaban J connectivity index is 1.13. The Hall–Kier alpha value is -7.29. The molecule has 5 aliphatic rings. The van der Waals surface area contributed by atoms with Gasteiger partial charge in [0.05, 0.1) is 28.5 Å². The molecule has 2 aliphatic carbocycles. The third kappa shape index (κ3) is 7.15. The molecule has 8 aromatic carbocycles. The maximum Gasteiger partial charge on any atom is 0.252 e. The molecule has 2 unspecified atom stereocenters. The number of benzene rings is 8. The zero-order chi connectivity index (χ0) is 52.1. The molecule has 0 N–H and O–H groups in total. The van der Waals surface area contributed by atoms with Gasteiger partial charge in [0, 0.05) is 50.7 Å². The van der Waals surface area contributed by atoms with Crippen LogP contribution in [0.3, 0.4) is 0 Å². The van der Waals surface area contributed by atoms with Gasteiger partial charge in [-0.1, -0.05) is 154 Å². The molecule has 5 heteroatoms. The second-order valence-electron chi connectivity index (χ2n) is 26.1. The van der Waals surface area contributed by atoms with Crippen LogP contribution in [0.15, 0.2) is 158 Å². The summed E-state index contributed by atoms with van der Waals surface area (Å²) in [4.78, 5) is 7.99. The van der Waals surface area contributed by atoms with Crippen molar-refractivity contribution in [3.05, 3.63) is 197 Å². The van der Waals surface area contributed by atoms with Gasteiger partial charge >= 0.3 is 0 Å². The largest absolute Gasteiger partial charge is 0.334 e. The van der Waals surface area contributed by atoms with Crippen molar-refractivity contribution >= 4 is 68.6 Å². The molecule has 1 saturated carbocycles. The van der Waals surface area contributed by atoms with Crippen LogP contribution in [-0.2, 0) is 29.1 Å². The summed E-state index contributed by atoms with van der Waals surface area (Å²) in [6.45, 7) is 26.1. The van der Waals surface area contributed by atoms with E-state index in [1.807, 2.05) is 6.07 Å². The fraction of sp³-hybridized carbons (Fsp3) is 0.300. The number of hydrogen-bond acceptors (Lipinski definition) is 4. The van der Waals surface area contributed by atoms with Crippen molar-refractivity contribution in [2.45, 2.75) is 130 Å². The summed E-state index contributed by atoms with van der Waals surface area (Å²) in [6.07, 6.45) is 5.43. The first kappa shape index (κ1) is 47.4. The first-order valence-electron chi connectivity index (χ1n) is 27.6. The third-order valence-corrected chi connectivity index (χ3v) is 18.5. The summed E-state index contributed by atoms with van der Waals surface area (Å²) in [5.74, 6) is 0. The molecule has 1 fully saturated rings. The molecule has 8 aromatic rings. The Labute approximate surface area is 446 Å². The van der Waals surface area contributed by atoms with Crippen molar-refractivity contribution in [3.8, 4) is 28.3 Å². The van der Waals surface area contributed by atoms with Gasteiger partial charge in [0.15, 0.2) is 0 Å². The topological polar surface area (TPSA) is 33.5 Å². The highest BCUT2D eigenvalue weighted by Gasteiger charge is 2.60. The van der Waals surface area contributed by atoms with E-state index in [0.29, 0.717) is 0 Å². The summed E-state index contributed by atoms with van der Waals surface area (Å²) in [6, 6.07) is 63.3. The third-order valence-electron chi connectivity index (χ3n) is 18.5. The standard InChI is InChI=1S/C70H69BN4/c1-44-33-63-65-64(34-44)74(59-30-25-51(67(5,6)7)39-54(59)47-21-16-13-17-22-47)62-40-52(75-60-28-23-45(43-72)35-55(60)69(10)31-18-32-70(69,75)11)26-27-56(62)71(65)57-36-48-41-68(8,9)42-49(48)37-61(57)73(63)58-29-24-50(66(2,3)4)38-53(58)46-19-14-12-15-20-46/h12-17,19-30,33-40H,18,31-32,41-42H2,1-11H3. The lowest BCUT2D eigenvalue weighted by atomic mass is 9.33. The van der Waals surface area contributed by atoms with Gasteiger partial charge in [-0.25, -0.2) is 0 Å². The monoisotopic (exact) mass is 977 g/mol. The zero-order valence-corrected chi connectivity index (χ0v) is 45.9. The summed E-state index contributed by atoms with van der Waals surface area (Å²) in [7, 11) is 0. The van der Waals surface area contributed by atoms with Gasteiger partial charge in [-0.15, -0.1) is 0 Å². The van der Waals surface area contributed by atoms with Crippen LogP contribution in [0.1, 0.15) is 127 Å². The molecule has 0 aromatic heterocycles. The van der Waals surface area contributed by atoms with Gasteiger partial charge in [-0.3, -0.25) is 0 Å². The van der Waals surface area contributed by atoms with Gasteiger partial charge in [0.1, 0.15) is 0 Å². The quantitative estimate of drug-likeness (QED) is 0.161. The Morgan fingerprint density at radius 2 is 1.07 bits per heavy atom. The molecule has 3 aliphatic heterocycles. The van der Waals surface area contributed by atoms with Crippen LogP contribution >= 0.6 is 0 Å². The SMILES string of the molecule is Cc1cc2c3c(c1)N(c1ccc(C(C)(C)C)cc1-c1ccccc1)c1cc4c(cc1B3c1ccc(N3c5ccc(C#N)cc5C5(C)CCCC35C)cc1N2c1ccc(C(C)(C)C)cc1-c1ccccc1)CC(C)(C)C4. The van der Waals surface area contributed by atoms with Crippen LogP contribution in [0.25, 0.3) is 22.3 Å². The van der Waals surface area contributed by atoms with Crippen molar-refractivity contribution < 1.29 is 0 Å². The van der Waals surface area contributed by atoms with Gasteiger partial charge in [0.2, 0.25) is 0 Å². The smallest absolute Gasteiger partial charge is 0.252 e. The van der Waals surface area contributed by atoms with Gasteiger partial charge in [-0.05, 0) is 189 Å². The number of nitriles is 1. The molecule has 2 atom stereocenters. The van der Waals surface area contributed by atoms with Crippen LogP contribution in [0, 0.1) is 23.7 Å². The Morgan fingerprint density at radius 3 is 1.63 bits per heavy atom. The summed E-state index contributed by atoms with van der Waals surface area (Å²) >= 11 is 0. The van der Waals surface area contributed by atoms with E-state index in [1.165, 1.54) is 118 Å². The van der Waals surface area contributed by atoms with Gasteiger partial charge in [-0.2, -0.15) is 5.26 Å². The first-order chi connectivity index (χ1) is 35.8. The lowest BCUT2D eigenvalue weighted by molar-refractivity contribution is 0.330. The molecule has 13 rings (SSSR count). The van der Waals surface area contributed by atoms with Crippen LogP contribution < -0.4 is 31.1 Å². The fourth-order valence-corrected chi connectivity index (χ4v) is 14.5. The number of rotatable bonds is 5. The molecule has 0 radical (unpaired) electrons. The average molecular weight is 977 g/mol. The number of nitrogens with zero attached hydrogens (tertiary/aromatic N) is 4. The number of aryl methyl sites for hydroxylation is 1. The second kappa shape index (κ2) is 16.4. The summed E-state index contributed by atoms with van der Waals surface area (Å²) in [5.41, 5.74) is 27.3. The number of hydrogen-bond donors (Lipinski definition) is 0. The Kier molecular flexibility index (Phi) is 10.3. The summed E-state index contributed by atoms with van der Waals surface area (Å²) < 4.78 is 0. The molecule has 0 bridgehead atoms. The number of fused-ring (bicyclic) bond motifs is 8. The van der Waals surface area contributed by atoms with Crippen LogP contribution in [-0.4, -0.2) is 12.3 Å².